The van der Waals surface area contributed by atoms with Crippen molar-refractivity contribution in [3.63, 3.8) is 0 Å². The molecule has 0 saturated carbocycles. The SMILES string of the molecule is Nc1cc(C(=O)NCCc2ccsc2)c([N+](=O)[O-])cn1. The molecule has 0 aliphatic carbocycles. The largest absolute Gasteiger partial charge is 0.384 e. The Hall–Kier alpha value is -2.48. The Morgan fingerprint density at radius 1 is 1.55 bits per heavy atom. The van der Waals surface area contributed by atoms with Gasteiger partial charge in [-0.1, -0.05) is 0 Å². The van der Waals surface area contributed by atoms with Crippen molar-refractivity contribution in [1.29, 1.82) is 0 Å². The van der Waals surface area contributed by atoms with Gasteiger partial charge in [0, 0.05) is 6.54 Å². The van der Waals surface area contributed by atoms with Gasteiger partial charge in [0.25, 0.3) is 11.6 Å². The molecular weight excluding hydrogens is 280 g/mol. The smallest absolute Gasteiger partial charge is 0.300 e. The summed E-state index contributed by atoms with van der Waals surface area (Å²) in [6.07, 6.45) is 1.66. The van der Waals surface area contributed by atoms with E-state index in [1.807, 2.05) is 16.8 Å². The summed E-state index contributed by atoms with van der Waals surface area (Å²) in [6, 6.07) is 3.17. The zero-order valence-electron chi connectivity index (χ0n) is 10.4. The molecule has 0 atom stereocenters. The standard InChI is InChI=1S/C12H12N4O3S/c13-11-5-9(10(6-15-11)16(18)19)12(17)14-3-1-8-2-4-20-7-8/h2,4-7H,1,3H2,(H2,13,15)(H,14,17). The van der Waals surface area contributed by atoms with E-state index in [-0.39, 0.29) is 17.1 Å². The number of amides is 1. The van der Waals surface area contributed by atoms with Crippen molar-refractivity contribution < 1.29 is 9.72 Å². The number of nitrogen functional groups attached to an aromatic ring is 1. The van der Waals surface area contributed by atoms with E-state index in [0.717, 1.165) is 11.8 Å². The van der Waals surface area contributed by atoms with E-state index in [2.05, 4.69) is 10.3 Å². The molecule has 0 bridgehead atoms. The van der Waals surface area contributed by atoms with Crippen LogP contribution in [0.1, 0.15) is 15.9 Å². The Balaban J connectivity index is 2.05. The van der Waals surface area contributed by atoms with Gasteiger partial charge in [0.15, 0.2) is 0 Å². The lowest BCUT2D eigenvalue weighted by Gasteiger charge is -2.05. The van der Waals surface area contributed by atoms with Crippen molar-refractivity contribution in [2.24, 2.45) is 0 Å². The number of nitrogens with two attached hydrogens (primary N) is 1. The molecule has 0 saturated heterocycles. The summed E-state index contributed by atoms with van der Waals surface area (Å²) in [4.78, 5) is 25.8. The number of pyridine rings is 1. The van der Waals surface area contributed by atoms with Crippen LogP contribution in [0.4, 0.5) is 11.5 Å². The van der Waals surface area contributed by atoms with Crippen LogP contribution in [-0.2, 0) is 6.42 Å². The minimum atomic E-state index is -0.653. The number of hydrogen-bond donors (Lipinski definition) is 2. The number of carbonyl (C=O) groups is 1. The average Bonchev–Trinajstić information content (AvgIpc) is 2.91. The number of thiophene rings is 1. The third-order valence-electron chi connectivity index (χ3n) is 2.62. The molecule has 8 heteroatoms. The van der Waals surface area contributed by atoms with Crippen LogP contribution in [0.3, 0.4) is 0 Å². The van der Waals surface area contributed by atoms with E-state index in [1.165, 1.54) is 6.07 Å². The molecular formula is C12H12N4O3S. The highest BCUT2D eigenvalue weighted by molar-refractivity contribution is 7.07. The van der Waals surface area contributed by atoms with Crippen molar-refractivity contribution in [3.8, 4) is 0 Å². The van der Waals surface area contributed by atoms with Gasteiger partial charge < -0.3 is 11.1 Å². The number of nitro groups is 1. The maximum absolute atomic E-state index is 12.0. The highest BCUT2D eigenvalue weighted by Gasteiger charge is 2.20. The van der Waals surface area contributed by atoms with Crippen LogP contribution in [0.15, 0.2) is 29.1 Å². The summed E-state index contributed by atoms with van der Waals surface area (Å²) in [6.45, 7) is 0.398. The Bertz CT molecular complexity index is 628. The Morgan fingerprint density at radius 2 is 2.35 bits per heavy atom. The molecule has 2 aromatic heterocycles. The zero-order valence-corrected chi connectivity index (χ0v) is 11.2. The summed E-state index contributed by atoms with van der Waals surface area (Å²) in [7, 11) is 0. The maximum Gasteiger partial charge on any atom is 0.300 e. The topological polar surface area (TPSA) is 111 Å². The minimum Gasteiger partial charge on any atom is -0.384 e. The number of aromatic nitrogens is 1. The van der Waals surface area contributed by atoms with Crippen LogP contribution in [0.2, 0.25) is 0 Å². The second kappa shape index (κ2) is 6.11. The number of nitrogens with zero attached hydrogens (tertiary/aromatic N) is 2. The van der Waals surface area contributed by atoms with E-state index < -0.39 is 10.8 Å². The first-order valence-corrected chi connectivity index (χ1v) is 6.71. The first kappa shape index (κ1) is 13.9. The van der Waals surface area contributed by atoms with Gasteiger partial charge in [-0.15, -0.1) is 0 Å². The third kappa shape index (κ3) is 3.29. The van der Waals surface area contributed by atoms with Crippen LogP contribution in [-0.4, -0.2) is 22.4 Å². The lowest BCUT2D eigenvalue weighted by molar-refractivity contribution is -0.385. The number of nitrogens with one attached hydrogen (secondary N) is 1. The van der Waals surface area contributed by atoms with Crippen LogP contribution in [0.5, 0.6) is 0 Å². The molecule has 2 heterocycles. The van der Waals surface area contributed by atoms with Gasteiger partial charge in [-0.05, 0) is 34.9 Å². The highest BCUT2D eigenvalue weighted by atomic mass is 32.1. The average molecular weight is 292 g/mol. The summed E-state index contributed by atoms with van der Waals surface area (Å²) < 4.78 is 0. The molecule has 0 aliphatic heterocycles. The molecule has 0 fully saturated rings. The molecule has 0 aliphatic rings. The predicted molar refractivity (Wildman–Crippen MR) is 75.7 cm³/mol. The van der Waals surface area contributed by atoms with E-state index in [9.17, 15) is 14.9 Å². The van der Waals surface area contributed by atoms with Crippen LogP contribution in [0.25, 0.3) is 0 Å². The number of hydrogen-bond acceptors (Lipinski definition) is 6. The molecule has 104 valence electrons. The zero-order chi connectivity index (χ0) is 14.5. The molecule has 7 nitrogen and oxygen atoms in total. The van der Waals surface area contributed by atoms with Crippen LogP contribution >= 0.6 is 11.3 Å². The Morgan fingerprint density at radius 3 is 3.00 bits per heavy atom. The molecule has 3 N–H and O–H groups in total. The molecule has 2 rings (SSSR count). The van der Waals surface area contributed by atoms with Crippen molar-refractivity contribution in [2.45, 2.75) is 6.42 Å². The molecule has 0 spiro atoms. The van der Waals surface area contributed by atoms with E-state index >= 15 is 0 Å². The van der Waals surface area contributed by atoms with E-state index in [0.29, 0.717) is 13.0 Å². The van der Waals surface area contributed by atoms with Crippen LogP contribution < -0.4 is 11.1 Å². The molecule has 0 aromatic carbocycles. The predicted octanol–water partition coefficient (Wildman–Crippen LogP) is 1.61. The van der Waals surface area contributed by atoms with Gasteiger partial charge in [-0.25, -0.2) is 4.98 Å². The monoisotopic (exact) mass is 292 g/mol. The molecule has 2 aromatic rings. The minimum absolute atomic E-state index is 0.0681. The van der Waals surface area contributed by atoms with Gasteiger partial charge in [0.1, 0.15) is 17.6 Å². The fourth-order valence-corrected chi connectivity index (χ4v) is 2.35. The highest BCUT2D eigenvalue weighted by Crippen LogP contribution is 2.18. The normalized spacial score (nSPS) is 10.2. The van der Waals surface area contributed by atoms with Gasteiger partial charge in [0.05, 0.1) is 4.92 Å². The van der Waals surface area contributed by atoms with Gasteiger partial charge in [-0.2, -0.15) is 11.3 Å². The fourth-order valence-electron chi connectivity index (χ4n) is 1.64. The van der Waals surface area contributed by atoms with Crippen LogP contribution in [0, 0.1) is 10.1 Å². The molecule has 1 amide bonds. The molecule has 0 unspecified atom stereocenters. The number of anilines is 1. The van der Waals surface area contributed by atoms with Crippen molar-refractivity contribution >= 4 is 28.7 Å². The lowest BCUT2D eigenvalue weighted by Crippen LogP contribution is -2.26. The van der Waals surface area contributed by atoms with E-state index in [1.54, 1.807) is 11.3 Å². The summed E-state index contributed by atoms with van der Waals surface area (Å²) in [5.41, 5.74) is 6.14. The second-order valence-corrected chi connectivity index (χ2v) is 4.80. The fraction of sp³-hybridized carbons (Fsp3) is 0.167. The first-order chi connectivity index (χ1) is 9.58. The maximum atomic E-state index is 12.0. The van der Waals surface area contributed by atoms with Gasteiger partial charge in [-0.3, -0.25) is 14.9 Å². The number of carbonyl (C=O) groups excluding carboxylic acids is 1. The lowest BCUT2D eigenvalue weighted by atomic mass is 10.2. The summed E-state index contributed by atoms with van der Waals surface area (Å²) in [5, 5.41) is 17.4. The third-order valence-corrected chi connectivity index (χ3v) is 3.36. The second-order valence-electron chi connectivity index (χ2n) is 4.02. The Kier molecular flexibility index (Phi) is 4.26. The van der Waals surface area contributed by atoms with E-state index in [4.69, 9.17) is 5.73 Å². The Labute approximate surface area is 118 Å². The summed E-state index contributed by atoms with van der Waals surface area (Å²) >= 11 is 1.58. The molecule has 0 radical (unpaired) electrons. The quantitative estimate of drug-likeness (QED) is 0.642. The van der Waals surface area contributed by atoms with Gasteiger partial charge >= 0.3 is 0 Å². The van der Waals surface area contributed by atoms with Crippen molar-refractivity contribution in [1.82, 2.24) is 10.3 Å². The first-order valence-electron chi connectivity index (χ1n) is 5.77. The van der Waals surface area contributed by atoms with Crippen molar-refractivity contribution in [3.05, 3.63) is 50.3 Å². The van der Waals surface area contributed by atoms with Gasteiger partial charge in [0.2, 0.25) is 0 Å². The summed E-state index contributed by atoms with van der Waals surface area (Å²) in [5.74, 6) is -0.459. The number of rotatable bonds is 5. The van der Waals surface area contributed by atoms with Crippen molar-refractivity contribution in [2.75, 3.05) is 12.3 Å². The molecule has 20 heavy (non-hydrogen) atoms.